The van der Waals surface area contributed by atoms with Gasteiger partial charge in [0.05, 0.1) is 110 Å². The summed E-state index contributed by atoms with van der Waals surface area (Å²) in [6.07, 6.45) is 8.21. The molecular weight excluding hydrogens is 1100 g/mol. The zero-order chi connectivity index (χ0) is 60.1. The topological polar surface area (TPSA) is 270 Å². The van der Waals surface area contributed by atoms with Crippen LogP contribution < -0.4 is 41.4 Å². The van der Waals surface area contributed by atoms with Gasteiger partial charge in [-0.15, -0.1) is 6.42 Å². The molecule has 2 aromatic rings. The maximum atomic E-state index is 13.7. The molecule has 0 aromatic heterocycles. The Morgan fingerprint density at radius 1 is 0.714 bits per heavy atom. The number of ether oxygens (including phenoxy) is 7. The molecule has 0 spiro atoms. The third kappa shape index (κ3) is 21.7. The standard InChI is InChI=1S/C60H82N8O15S/c1-6-24-76-28-32-80-36-37-82-35-31-79-27-23-68(22-18-54(70)62-21-26-78-30-34-81-33-29-77-25-20-61-53(69)10-8-7-9-52-57-49(41-84-52)64-60(75)65-57)55(71)17-19-63-58(72)42-11-14-45(48(38-42)59(73)74)56-46-15-12-43(66(2)3)39-50(46)83-51-40-44(67(4)5)13-16-47(51)56/h1,11-16,38-40,49,52,57H,7-10,17-37,41H2,2-5H3,(H5-,61,62,63,64,65,69,70,72,73,74,75)/p+1/t49-,52-,57-/m0/s1. The smallest absolute Gasteiger partial charge is 0.336 e. The van der Waals surface area contributed by atoms with E-state index in [1.54, 1.807) is 12.1 Å². The van der Waals surface area contributed by atoms with Crippen LogP contribution in [0.1, 0.15) is 59.2 Å². The number of nitrogens with zero attached hydrogens (tertiary/aromatic N) is 3. The number of fused-ring (bicyclic) bond motifs is 3. The number of thioether (sulfide) groups is 1. The predicted molar refractivity (Wildman–Crippen MR) is 319 cm³/mol. The summed E-state index contributed by atoms with van der Waals surface area (Å²) in [7, 11) is 7.69. The van der Waals surface area contributed by atoms with E-state index in [4.69, 9.17) is 44.0 Å². The minimum absolute atomic E-state index is 0.00132. The van der Waals surface area contributed by atoms with Crippen molar-refractivity contribution in [3.8, 4) is 34.8 Å². The van der Waals surface area contributed by atoms with Crippen LogP contribution in [0.3, 0.4) is 0 Å². The third-order valence-corrected chi connectivity index (χ3v) is 15.4. The van der Waals surface area contributed by atoms with E-state index in [0.717, 1.165) is 36.1 Å². The molecule has 6 N–H and O–H groups in total. The highest BCUT2D eigenvalue weighted by Crippen LogP contribution is 2.42. The van der Waals surface area contributed by atoms with Crippen molar-refractivity contribution in [2.24, 2.45) is 0 Å². The van der Waals surface area contributed by atoms with Crippen LogP contribution in [0.15, 0.2) is 59.0 Å². The SMILES string of the molecule is C#CCOCCOCCOCCOCCN(CCC(=O)NCCOCCOCCOCCNC(=O)CCCC[C@@H]1SC[C@@H]2NC(=O)N[C@@H]21)C(=O)CCNC(=O)c1ccc(-c2c3ccc(=[N+](C)C)cc-3oc3cc(N(C)C)ccc23)c(C(=O)O)c1. The summed E-state index contributed by atoms with van der Waals surface area (Å²) in [5.74, 6) is 1.46. The molecule has 3 heterocycles. The fourth-order valence-corrected chi connectivity index (χ4v) is 11.0. The lowest BCUT2D eigenvalue weighted by Crippen LogP contribution is -2.39. The minimum Gasteiger partial charge on any atom is -0.478 e. The first-order valence-corrected chi connectivity index (χ1v) is 29.6. The van der Waals surface area contributed by atoms with Gasteiger partial charge in [0.1, 0.15) is 32.0 Å². The zero-order valence-electron chi connectivity index (χ0n) is 48.8. The van der Waals surface area contributed by atoms with Crippen molar-refractivity contribution in [2.75, 3.05) is 164 Å². The Balaban J connectivity index is 0.901. The van der Waals surface area contributed by atoms with Crippen molar-refractivity contribution in [3.63, 3.8) is 0 Å². The molecule has 458 valence electrons. The number of carboxylic acids is 1. The number of terminal acetylenes is 1. The Bertz CT molecular complexity index is 2870. The van der Waals surface area contributed by atoms with Crippen molar-refractivity contribution in [3.05, 3.63) is 71.1 Å². The van der Waals surface area contributed by atoms with E-state index in [-0.39, 0.29) is 112 Å². The molecule has 3 aliphatic heterocycles. The number of nitrogens with one attached hydrogen (secondary N) is 5. The molecule has 23 nitrogen and oxygen atoms in total. The molecular formula is C60H83N8O15S+. The fourth-order valence-electron chi connectivity index (χ4n) is 9.42. The van der Waals surface area contributed by atoms with Crippen LogP contribution in [0, 0.1) is 12.3 Å². The van der Waals surface area contributed by atoms with Crippen LogP contribution >= 0.6 is 11.8 Å². The highest BCUT2D eigenvalue weighted by Gasteiger charge is 2.42. The van der Waals surface area contributed by atoms with E-state index >= 15 is 0 Å². The Morgan fingerprint density at radius 3 is 1.99 bits per heavy atom. The van der Waals surface area contributed by atoms with Crippen LogP contribution in [0.5, 0.6) is 0 Å². The molecule has 4 aliphatic rings. The van der Waals surface area contributed by atoms with Gasteiger partial charge in [0.2, 0.25) is 23.1 Å². The van der Waals surface area contributed by atoms with Gasteiger partial charge in [-0.05, 0) is 48.7 Å². The van der Waals surface area contributed by atoms with Crippen molar-refractivity contribution >= 4 is 64.0 Å². The van der Waals surface area contributed by atoms with Gasteiger partial charge < -0.3 is 79.1 Å². The molecule has 6 amide bonds. The number of hydrogen-bond donors (Lipinski definition) is 6. The van der Waals surface area contributed by atoms with E-state index < -0.39 is 11.9 Å². The first-order chi connectivity index (χ1) is 40.7. The summed E-state index contributed by atoms with van der Waals surface area (Å²) < 4.78 is 47.0. The molecule has 0 unspecified atom stereocenters. The largest absolute Gasteiger partial charge is 0.478 e. The summed E-state index contributed by atoms with van der Waals surface area (Å²) in [6, 6.07) is 16.3. The van der Waals surface area contributed by atoms with Gasteiger partial charge >= 0.3 is 12.0 Å². The number of carbonyl (C=O) groups is 6. The first kappa shape index (κ1) is 66.3. The second-order valence-corrected chi connectivity index (χ2v) is 21.6. The molecule has 0 saturated carbocycles. The number of benzene rings is 3. The summed E-state index contributed by atoms with van der Waals surface area (Å²) in [4.78, 5) is 80.5. The second-order valence-electron chi connectivity index (χ2n) is 20.3. The molecule has 2 saturated heterocycles. The zero-order valence-corrected chi connectivity index (χ0v) is 49.6. The van der Waals surface area contributed by atoms with Crippen LogP contribution in [0.25, 0.3) is 33.4 Å². The van der Waals surface area contributed by atoms with E-state index in [0.29, 0.717) is 118 Å². The fraction of sp³-hybridized carbons (Fsp3) is 0.550. The maximum absolute atomic E-state index is 13.7. The average molecular weight is 1190 g/mol. The number of carboxylic acid groups (broad SMARTS) is 1. The number of hydrogen-bond acceptors (Lipinski definition) is 16. The van der Waals surface area contributed by atoms with Crippen LogP contribution in [-0.2, 0) is 47.5 Å². The van der Waals surface area contributed by atoms with E-state index in [9.17, 15) is 33.9 Å². The molecule has 1 aliphatic carbocycles. The van der Waals surface area contributed by atoms with E-state index in [1.807, 2.05) is 85.8 Å². The van der Waals surface area contributed by atoms with Gasteiger partial charge in [-0.3, -0.25) is 19.2 Å². The Hall–Kier alpha value is -6.82. The van der Waals surface area contributed by atoms with Crippen molar-refractivity contribution < 1.29 is 71.4 Å². The third-order valence-electron chi connectivity index (χ3n) is 13.9. The predicted octanol–water partition coefficient (Wildman–Crippen LogP) is 3.05. The number of rotatable bonds is 40. The highest BCUT2D eigenvalue weighted by molar-refractivity contribution is 8.00. The maximum Gasteiger partial charge on any atom is 0.336 e. The van der Waals surface area contributed by atoms with E-state index in [2.05, 4.69) is 32.5 Å². The van der Waals surface area contributed by atoms with Gasteiger partial charge in [0.25, 0.3) is 5.91 Å². The molecule has 84 heavy (non-hydrogen) atoms. The van der Waals surface area contributed by atoms with Gasteiger partial charge in [-0.25, -0.2) is 14.2 Å². The molecule has 0 bridgehead atoms. The van der Waals surface area contributed by atoms with Gasteiger partial charge in [0, 0.05) is 117 Å². The summed E-state index contributed by atoms with van der Waals surface area (Å²) in [6.45, 7) is 5.25. The number of aromatic carboxylic acids is 1. The summed E-state index contributed by atoms with van der Waals surface area (Å²) in [5.41, 5.74) is 3.22. The second kappa shape index (κ2) is 36.1. The molecule has 0 radical (unpaired) electrons. The van der Waals surface area contributed by atoms with Gasteiger partial charge in [0.15, 0.2) is 0 Å². The number of anilines is 1. The summed E-state index contributed by atoms with van der Waals surface area (Å²) >= 11 is 1.87. The number of carbonyl (C=O) groups excluding carboxylic acids is 5. The monoisotopic (exact) mass is 1190 g/mol. The Kier molecular flexibility index (Phi) is 28.5. The minimum atomic E-state index is -1.23. The average Bonchev–Trinajstić information content (AvgIpc) is 1.39. The van der Waals surface area contributed by atoms with Crippen LogP contribution in [-0.4, -0.2) is 222 Å². The Labute approximate surface area is 495 Å². The molecule has 6 rings (SSSR count). The Morgan fingerprint density at radius 2 is 1.35 bits per heavy atom. The van der Waals surface area contributed by atoms with Gasteiger partial charge in [-0.1, -0.05) is 18.4 Å². The van der Waals surface area contributed by atoms with Gasteiger partial charge in [-0.2, -0.15) is 11.8 Å². The van der Waals surface area contributed by atoms with Crippen LogP contribution in [0.4, 0.5) is 10.5 Å². The summed E-state index contributed by atoms with van der Waals surface area (Å²) in [5, 5.41) is 27.0. The van der Waals surface area contributed by atoms with Crippen molar-refractivity contribution in [1.82, 2.24) is 36.1 Å². The van der Waals surface area contributed by atoms with Crippen molar-refractivity contribution in [1.29, 1.82) is 0 Å². The molecule has 3 atom stereocenters. The lowest BCUT2D eigenvalue weighted by atomic mass is 9.89. The highest BCUT2D eigenvalue weighted by atomic mass is 32.2. The normalized spacial score (nSPS) is 15.3. The molecule has 2 aromatic carbocycles. The quantitative estimate of drug-likeness (QED) is 0.0123. The lowest BCUT2D eigenvalue weighted by Gasteiger charge is -2.23. The molecule has 2 fully saturated rings. The lowest BCUT2D eigenvalue weighted by molar-refractivity contribution is -0.132. The van der Waals surface area contributed by atoms with Crippen LogP contribution in [0.2, 0.25) is 0 Å². The van der Waals surface area contributed by atoms with Crippen molar-refractivity contribution in [2.45, 2.75) is 55.9 Å². The number of urea groups is 1. The van der Waals surface area contributed by atoms with E-state index in [1.165, 1.54) is 11.0 Å². The first-order valence-electron chi connectivity index (χ1n) is 28.6. The number of unbranched alkanes of at least 4 members (excludes halogenated alkanes) is 1. The number of amides is 6. The molecule has 24 heteroatoms.